The molecule has 1 aromatic heterocycles. The maximum Gasteiger partial charge on any atom is 0.315 e. The molecule has 2 rings (SSSR count). The van der Waals surface area contributed by atoms with Gasteiger partial charge in [0.25, 0.3) is 0 Å². The lowest BCUT2D eigenvalue weighted by molar-refractivity contribution is -0.115. The summed E-state index contributed by atoms with van der Waals surface area (Å²) in [5.74, 6) is -0.690. The normalized spacial score (nSPS) is 10.1. The minimum absolute atomic E-state index is 0.163. The van der Waals surface area contributed by atoms with Crippen LogP contribution in [0, 0.1) is 5.82 Å². The van der Waals surface area contributed by atoms with E-state index in [9.17, 15) is 14.0 Å². The number of hydrogen-bond acceptors (Lipinski definition) is 3. The van der Waals surface area contributed by atoms with E-state index < -0.39 is 6.03 Å². The van der Waals surface area contributed by atoms with Gasteiger partial charge >= 0.3 is 6.03 Å². The zero-order chi connectivity index (χ0) is 15.9. The molecule has 0 unspecified atom stereocenters. The molecule has 1 heterocycles. The highest BCUT2D eigenvalue weighted by Gasteiger charge is 2.06. The first-order valence-corrected chi connectivity index (χ1v) is 6.57. The Kier molecular flexibility index (Phi) is 5.07. The standard InChI is InChI=1S/C14H16FN5O2/c1-20-9-12(7-18-20)19-13(21)8-17-14(22)16-6-10-2-4-11(15)5-3-10/h2-5,7,9H,6,8H2,1H3,(H,19,21)(H2,16,17,22). The number of amides is 3. The molecular weight excluding hydrogens is 289 g/mol. The highest BCUT2D eigenvalue weighted by atomic mass is 19.1. The number of urea groups is 1. The predicted molar refractivity (Wildman–Crippen MR) is 78.5 cm³/mol. The monoisotopic (exact) mass is 305 g/mol. The zero-order valence-corrected chi connectivity index (χ0v) is 12.0. The summed E-state index contributed by atoms with van der Waals surface area (Å²) in [6, 6.07) is 5.30. The molecule has 116 valence electrons. The second-order valence-electron chi connectivity index (χ2n) is 4.61. The Morgan fingerprint density at radius 1 is 1.23 bits per heavy atom. The van der Waals surface area contributed by atoms with Gasteiger partial charge in [-0.15, -0.1) is 0 Å². The summed E-state index contributed by atoms with van der Waals surface area (Å²) in [5.41, 5.74) is 1.32. The molecule has 0 aliphatic heterocycles. The molecule has 22 heavy (non-hydrogen) atoms. The number of halogens is 1. The quantitative estimate of drug-likeness (QED) is 0.770. The number of carbonyl (C=O) groups is 2. The van der Waals surface area contributed by atoms with Gasteiger partial charge in [0, 0.05) is 19.8 Å². The minimum atomic E-state index is -0.481. The van der Waals surface area contributed by atoms with Crippen molar-refractivity contribution in [1.82, 2.24) is 20.4 Å². The largest absolute Gasteiger partial charge is 0.334 e. The van der Waals surface area contributed by atoms with Crippen LogP contribution in [0.4, 0.5) is 14.9 Å². The van der Waals surface area contributed by atoms with Gasteiger partial charge in [0.05, 0.1) is 18.4 Å². The average molecular weight is 305 g/mol. The van der Waals surface area contributed by atoms with Crippen LogP contribution in [-0.2, 0) is 18.4 Å². The van der Waals surface area contributed by atoms with Crippen LogP contribution in [0.25, 0.3) is 0 Å². The molecular formula is C14H16FN5O2. The molecule has 0 aliphatic carbocycles. The molecule has 0 saturated heterocycles. The molecule has 0 fully saturated rings. The number of benzene rings is 1. The molecule has 0 saturated carbocycles. The molecule has 0 bridgehead atoms. The van der Waals surface area contributed by atoms with Crippen molar-refractivity contribution in [2.75, 3.05) is 11.9 Å². The lowest BCUT2D eigenvalue weighted by Gasteiger charge is -2.07. The van der Waals surface area contributed by atoms with E-state index in [1.807, 2.05) is 0 Å². The van der Waals surface area contributed by atoms with Crippen molar-refractivity contribution in [1.29, 1.82) is 0 Å². The van der Waals surface area contributed by atoms with Crippen molar-refractivity contribution in [3.05, 3.63) is 48.0 Å². The van der Waals surface area contributed by atoms with E-state index in [0.29, 0.717) is 5.69 Å². The third-order valence-electron chi connectivity index (χ3n) is 2.76. The van der Waals surface area contributed by atoms with Gasteiger partial charge in [-0.05, 0) is 17.7 Å². The van der Waals surface area contributed by atoms with Crippen LogP contribution >= 0.6 is 0 Å². The van der Waals surface area contributed by atoms with Gasteiger partial charge < -0.3 is 16.0 Å². The Labute approximate surface area is 126 Å². The Morgan fingerprint density at radius 3 is 2.59 bits per heavy atom. The molecule has 1 aromatic carbocycles. The first kappa shape index (κ1) is 15.5. The highest BCUT2D eigenvalue weighted by Crippen LogP contribution is 2.03. The van der Waals surface area contributed by atoms with Crippen molar-refractivity contribution in [3.63, 3.8) is 0 Å². The molecule has 7 nitrogen and oxygen atoms in total. The molecule has 2 aromatic rings. The van der Waals surface area contributed by atoms with Crippen molar-refractivity contribution in [2.24, 2.45) is 7.05 Å². The van der Waals surface area contributed by atoms with Crippen LogP contribution in [-0.4, -0.2) is 28.3 Å². The van der Waals surface area contributed by atoms with Gasteiger partial charge in [-0.3, -0.25) is 9.48 Å². The molecule has 0 radical (unpaired) electrons. The Hall–Kier alpha value is -2.90. The third kappa shape index (κ3) is 4.89. The maximum atomic E-state index is 12.7. The van der Waals surface area contributed by atoms with Crippen molar-refractivity contribution >= 4 is 17.6 Å². The predicted octanol–water partition coefficient (Wildman–Crippen LogP) is 0.997. The molecule has 8 heteroatoms. The summed E-state index contributed by atoms with van der Waals surface area (Å²) < 4.78 is 14.3. The summed E-state index contributed by atoms with van der Waals surface area (Å²) in [7, 11) is 1.73. The molecule has 3 N–H and O–H groups in total. The van der Waals surface area contributed by atoms with Crippen LogP contribution < -0.4 is 16.0 Å². The Morgan fingerprint density at radius 2 is 1.95 bits per heavy atom. The summed E-state index contributed by atoms with van der Waals surface area (Å²) in [5, 5.41) is 11.5. The number of nitrogens with zero attached hydrogens (tertiary/aromatic N) is 2. The van der Waals surface area contributed by atoms with Crippen LogP contribution in [0.1, 0.15) is 5.56 Å². The van der Waals surface area contributed by atoms with Gasteiger partial charge in [-0.2, -0.15) is 5.10 Å². The zero-order valence-electron chi connectivity index (χ0n) is 12.0. The topological polar surface area (TPSA) is 88.0 Å². The maximum absolute atomic E-state index is 12.7. The number of nitrogens with one attached hydrogen (secondary N) is 3. The van der Waals surface area contributed by atoms with E-state index in [1.54, 1.807) is 30.1 Å². The van der Waals surface area contributed by atoms with Crippen molar-refractivity contribution < 1.29 is 14.0 Å². The lowest BCUT2D eigenvalue weighted by Crippen LogP contribution is -2.39. The van der Waals surface area contributed by atoms with Crippen LogP contribution in [0.2, 0.25) is 0 Å². The average Bonchev–Trinajstić information content (AvgIpc) is 2.89. The van der Waals surface area contributed by atoms with E-state index in [0.717, 1.165) is 5.56 Å². The van der Waals surface area contributed by atoms with Crippen LogP contribution in [0.15, 0.2) is 36.7 Å². The Balaban J connectivity index is 1.68. The van der Waals surface area contributed by atoms with Gasteiger partial charge in [0.2, 0.25) is 5.91 Å². The Bertz CT molecular complexity index is 654. The number of hydrogen-bond donors (Lipinski definition) is 3. The second kappa shape index (κ2) is 7.21. The van der Waals surface area contributed by atoms with Crippen LogP contribution in [0.5, 0.6) is 0 Å². The van der Waals surface area contributed by atoms with Crippen molar-refractivity contribution in [2.45, 2.75) is 6.54 Å². The van der Waals surface area contributed by atoms with E-state index in [1.165, 1.54) is 18.3 Å². The van der Waals surface area contributed by atoms with Crippen LogP contribution in [0.3, 0.4) is 0 Å². The van der Waals surface area contributed by atoms with E-state index in [4.69, 9.17) is 0 Å². The summed E-state index contributed by atoms with van der Waals surface area (Å²) >= 11 is 0. The number of rotatable bonds is 5. The number of anilines is 1. The summed E-state index contributed by atoms with van der Waals surface area (Å²) in [4.78, 5) is 23.2. The molecule has 0 aliphatic rings. The minimum Gasteiger partial charge on any atom is -0.334 e. The third-order valence-corrected chi connectivity index (χ3v) is 2.76. The molecule has 3 amide bonds. The van der Waals surface area contributed by atoms with Gasteiger partial charge in [-0.1, -0.05) is 12.1 Å². The molecule has 0 spiro atoms. The fourth-order valence-corrected chi connectivity index (χ4v) is 1.70. The highest BCUT2D eigenvalue weighted by molar-refractivity contribution is 5.94. The number of aromatic nitrogens is 2. The number of carbonyl (C=O) groups excluding carboxylic acids is 2. The van der Waals surface area contributed by atoms with Crippen molar-refractivity contribution in [3.8, 4) is 0 Å². The fourth-order valence-electron chi connectivity index (χ4n) is 1.70. The lowest BCUT2D eigenvalue weighted by atomic mass is 10.2. The first-order valence-electron chi connectivity index (χ1n) is 6.57. The van der Waals surface area contributed by atoms with E-state index in [-0.39, 0.29) is 24.8 Å². The smallest absolute Gasteiger partial charge is 0.315 e. The molecule has 0 atom stereocenters. The van der Waals surface area contributed by atoms with Gasteiger partial charge in [0.15, 0.2) is 0 Å². The summed E-state index contributed by atoms with van der Waals surface area (Å²) in [6.07, 6.45) is 3.15. The number of aryl methyl sites for hydroxylation is 1. The van der Waals surface area contributed by atoms with E-state index >= 15 is 0 Å². The van der Waals surface area contributed by atoms with Gasteiger partial charge in [-0.25, -0.2) is 9.18 Å². The first-order chi connectivity index (χ1) is 10.5. The SMILES string of the molecule is Cn1cc(NC(=O)CNC(=O)NCc2ccc(F)cc2)cn1. The van der Waals surface area contributed by atoms with E-state index in [2.05, 4.69) is 21.0 Å². The van der Waals surface area contributed by atoms with Gasteiger partial charge in [0.1, 0.15) is 5.82 Å². The summed E-state index contributed by atoms with van der Waals surface area (Å²) in [6.45, 7) is 0.0838. The second-order valence-corrected chi connectivity index (χ2v) is 4.61. The fraction of sp³-hybridized carbons (Fsp3) is 0.214.